The van der Waals surface area contributed by atoms with Gasteiger partial charge in [-0.05, 0) is 138 Å². The number of phenolic OH excluding ortho intramolecular Hbond substituents is 1. The van der Waals surface area contributed by atoms with Gasteiger partial charge < -0.3 is 78.6 Å². The molecule has 0 radical (unpaired) electrons. The number of aromatic nitrogens is 1. The average Bonchev–Trinajstić information content (AvgIpc) is 1.63. The molecule has 0 aliphatic carbocycles. The van der Waals surface area contributed by atoms with E-state index in [1.54, 1.807) is 88.8 Å². The summed E-state index contributed by atoms with van der Waals surface area (Å²) in [5.74, 6) is 0.0599. The Morgan fingerprint density at radius 1 is 0.744 bits per heavy atom. The highest BCUT2D eigenvalue weighted by molar-refractivity contribution is 8.08. The van der Waals surface area contributed by atoms with Crippen LogP contribution in [0.1, 0.15) is 211 Å². The number of benzene rings is 3. The van der Waals surface area contributed by atoms with E-state index in [1.165, 1.54) is 47.9 Å². The number of carbonyl (C=O) groups is 10. The first-order valence-electron chi connectivity index (χ1n) is 44.3. The number of rotatable bonds is 49. The summed E-state index contributed by atoms with van der Waals surface area (Å²) in [5.41, 5.74) is 5.61. The minimum absolute atomic E-state index is 0.0163. The van der Waals surface area contributed by atoms with Crippen molar-refractivity contribution in [3.8, 4) is 23.0 Å². The van der Waals surface area contributed by atoms with Gasteiger partial charge in [0.05, 0.1) is 125 Å². The zero-order valence-corrected chi connectivity index (χ0v) is 77.4. The maximum absolute atomic E-state index is 14.5. The Morgan fingerprint density at radius 3 is 2.16 bits per heavy atom. The maximum atomic E-state index is 14.5. The van der Waals surface area contributed by atoms with Crippen LogP contribution in [0.5, 0.6) is 23.0 Å². The van der Waals surface area contributed by atoms with Gasteiger partial charge in [0.15, 0.2) is 23.4 Å². The number of aliphatic imine (C=N–C) groups is 1. The lowest BCUT2D eigenvalue weighted by atomic mass is 9.83. The molecule has 9 rings (SSSR count). The number of esters is 1. The van der Waals surface area contributed by atoms with E-state index in [0.29, 0.717) is 129 Å². The Balaban J connectivity index is 0.633. The van der Waals surface area contributed by atoms with Crippen LogP contribution in [-0.2, 0) is 63.7 Å². The lowest BCUT2D eigenvalue weighted by Gasteiger charge is -2.37. The highest BCUT2D eigenvalue weighted by Gasteiger charge is 2.41. The minimum Gasteiger partial charge on any atom is -0.506 e. The fraction of sp³-hybridized carbons (Fsp3) is 0.613. The number of thiazole rings is 1. The summed E-state index contributed by atoms with van der Waals surface area (Å²) in [6, 6.07) is 10.9. The van der Waals surface area contributed by atoms with E-state index in [9.17, 15) is 53.1 Å². The molecule has 0 bridgehead atoms. The van der Waals surface area contributed by atoms with Crippen molar-refractivity contribution >= 4 is 117 Å². The van der Waals surface area contributed by atoms with Crippen molar-refractivity contribution in [2.75, 3.05) is 149 Å². The van der Waals surface area contributed by atoms with Crippen LogP contribution < -0.4 is 35.1 Å². The Kier molecular flexibility index (Phi) is 40.6. The second-order valence-electron chi connectivity index (χ2n) is 33.5. The molecule has 3 aromatic carbocycles. The second kappa shape index (κ2) is 50.7. The zero-order chi connectivity index (χ0) is 90.2. The molecule has 4 N–H and O–H groups in total. The Labute approximate surface area is 749 Å². The molecule has 3 fully saturated rings. The molecule has 2 unspecified atom stereocenters. The maximum Gasteiger partial charge on any atom is 0.303 e. The third-order valence-electron chi connectivity index (χ3n) is 23.5. The van der Waals surface area contributed by atoms with Crippen molar-refractivity contribution in [3.63, 3.8) is 0 Å². The fourth-order valence-corrected chi connectivity index (χ4v) is 20.1. The van der Waals surface area contributed by atoms with Gasteiger partial charge in [0, 0.05) is 126 Å². The van der Waals surface area contributed by atoms with E-state index in [-0.39, 0.29) is 173 Å². The molecule has 0 spiro atoms. The third kappa shape index (κ3) is 29.7. The predicted octanol–water partition coefficient (Wildman–Crippen LogP) is 12.9. The molecule has 9 atom stereocenters. The summed E-state index contributed by atoms with van der Waals surface area (Å²) in [7, 11) is 7.01. The van der Waals surface area contributed by atoms with Gasteiger partial charge >= 0.3 is 5.97 Å². The van der Waals surface area contributed by atoms with Gasteiger partial charge in [-0.1, -0.05) is 84.3 Å². The number of likely N-dealkylation sites (N-methyl/N-ethyl adjacent to an activating group) is 2. The average molecular weight is 1790 g/mol. The van der Waals surface area contributed by atoms with Crippen molar-refractivity contribution in [2.45, 2.75) is 211 Å². The molecule has 5 aliphatic heterocycles. The van der Waals surface area contributed by atoms with Crippen molar-refractivity contribution in [1.82, 2.24) is 35.2 Å². The number of hydrogen-bond acceptors (Lipinski definition) is 25. The number of phenols is 1. The molecule has 5 aliphatic rings. The second-order valence-corrected chi connectivity index (χ2v) is 36.9. The smallest absolute Gasteiger partial charge is 0.303 e. The van der Waals surface area contributed by atoms with Gasteiger partial charge in [0.1, 0.15) is 33.2 Å². The van der Waals surface area contributed by atoms with Crippen LogP contribution in [0.15, 0.2) is 77.1 Å². The standard InChI is InChI=1S/C93H132N10O19S3/c1-14-23-66(96-88(110)73-58-125-90(98-73)83(122-64(9)104)53-75(59(3)4)101(12)92(113)68(62(7)15-2)50-79(107)74-25-17-18-32-99(74)10)48-65-27-28-77(105)72(49-65)97-84(108)29-37-117-42-43-119-39-31-94-89(111)87-86(123-44-45-124-87)78(106)26-22-34-116-40-41-118-38-30-85(109)102-33-21-24-60(5)56-100(11)91(112)70-47-63(8)80(54-76(70)102)120-35-19-16-20-36-121-82-52-71-69(51-81(82)115-13)93(114)103-57-61(6)46-67(103)55-95-71/h27-28,47,49,51-52,54-55,58-59,62,66-68,74-75,83,86-87,105H,5-6,14-26,29-46,48,50,53,56-57H2,1-4,7-13H3,(H,94,111)(H,96,110)(H,97,108)/t62-,66-,67-,68-,74+,75+,83+,86?,87?/m0/s1. The molecule has 32 heteroatoms. The molecule has 7 amide bonds. The van der Waals surface area contributed by atoms with Gasteiger partial charge in [0.2, 0.25) is 23.6 Å². The monoisotopic (exact) mass is 1790 g/mol. The summed E-state index contributed by atoms with van der Waals surface area (Å²) < 4.78 is 47.2. The molecule has 6 heterocycles. The topological polar surface area (TPSA) is 342 Å². The van der Waals surface area contributed by atoms with Crippen LogP contribution >= 0.6 is 34.9 Å². The number of nitrogens with zero attached hydrogens (tertiary/aromatic N) is 7. The van der Waals surface area contributed by atoms with Crippen molar-refractivity contribution < 1.29 is 90.9 Å². The van der Waals surface area contributed by atoms with E-state index in [0.717, 1.165) is 85.3 Å². The van der Waals surface area contributed by atoms with E-state index in [1.807, 2.05) is 48.6 Å². The van der Waals surface area contributed by atoms with Gasteiger partial charge in [-0.2, -0.15) is 0 Å². The number of anilines is 2. The Hall–Kier alpha value is -8.76. The molecular weight excluding hydrogens is 1660 g/mol. The fourth-order valence-electron chi connectivity index (χ4n) is 16.3. The van der Waals surface area contributed by atoms with Gasteiger partial charge in [-0.15, -0.1) is 34.9 Å². The lowest BCUT2D eigenvalue weighted by Crippen LogP contribution is -2.48. The highest BCUT2D eigenvalue weighted by Crippen LogP contribution is 2.41. The number of ketones is 2. The number of carbonyl (C=O) groups excluding carboxylic acids is 10. The van der Waals surface area contributed by atoms with Crippen LogP contribution in [0.25, 0.3) is 0 Å². The number of thioether (sulfide) groups is 2. The number of piperidine rings is 1. The number of likely N-dealkylation sites (tertiary alicyclic amines) is 1. The van der Waals surface area contributed by atoms with Crippen molar-refractivity contribution in [2.24, 2.45) is 22.7 Å². The molecule has 4 aromatic rings. The summed E-state index contributed by atoms with van der Waals surface area (Å²) in [4.78, 5) is 155. The summed E-state index contributed by atoms with van der Waals surface area (Å²) in [5, 5.41) is 20.6. The largest absolute Gasteiger partial charge is 0.506 e. The first-order chi connectivity index (χ1) is 60.1. The first-order valence-corrected chi connectivity index (χ1v) is 47.3. The summed E-state index contributed by atoms with van der Waals surface area (Å²) in [6.07, 6.45) is 11.5. The molecule has 3 saturated heterocycles. The molecule has 686 valence electrons. The number of methoxy groups -OCH3 is 1. The molecule has 0 saturated carbocycles. The molecule has 29 nitrogen and oxygen atoms in total. The number of amides is 7. The number of ether oxygens (including phenoxy) is 8. The molecular formula is C93H132N10O19S3. The van der Waals surface area contributed by atoms with Crippen molar-refractivity contribution in [3.05, 3.63) is 105 Å². The van der Waals surface area contributed by atoms with Gasteiger partial charge in [-0.25, -0.2) is 4.98 Å². The van der Waals surface area contributed by atoms with Gasteiger partial charge in [0.25, 0.3) is 17.7 Å². The lowest BCUT2D eigenvalue weighted by molar-refractivity contribution is -0.149. The number of unbranched alkanes of at least 4 members (excludes halogenated alkanes) is 2. The summed E-state index contributed by atoms with van der Waals surface area (Å²) in [6.45, 7) is 26.2. The van der Waals surface area contributed by atoms with E-state index < -0.39 is 46.3 Å². The number of Topliss-reactive ketones (excluding diaryl/α,β-unsaturated/α-hetero) is 2. The quantitative estimate of drug-likeness (QED) is 0.0138. The normalized spacial score (nSPS) is 18.6. The SMILES string of the molecule is C=C1CCCN(C(=O)CCOCCOCCCC(=O)C2SCCSC2C(=O)NCCOCCOCCC(=O)Nc2cc(C[C@H](CCC)NC(=O)c3csc([C@@H](C[C@H](C(C)C)N(C)C(=O)[C@@H](CC(=O)[C@H]4CCCCN4C)[C@@H](C)CC)OC(C)=O)n3)ccc2O)c2cc(OCCCCCOc3cc4c(cc3OC)C(=O)N3CC(=C)C[C@H]3C=N4)c(C)cc2C(=O)N(C)C1. The Bertz CT molecular complexity index is 4390. The molecule has 1 aromatic heterocycles. The van der Waals surface area contributed by atoms with Crippen LogP contribution in [0.2, 0.25) is 0 Å². The number of nitrogens with one attached hydrogen (secondary N) is 3. The zero-order valence-electron chi connectivity index (χ0n) is 75.0. The van der Waals surface area contributed by atoms with E-state index in [2.05, 4.69) is 39.0 Å². The first kappa shape index (κ1) is 100. The van der Waals surface area contributed by atoms with Crippen LogP contribution in [0.3, 0.4) is 0 Å². The number of fused-ring (bicyclic) bond motifs is 3. The third-order valence-corrected chi connectivity index (χ3v) is 27.4. The van der Waals surface area contributed by atoms with E-state index in [4.69, 9.17) is 42.9 Å². The number of aromatic hydroxyl groups is 1. The van der Waals surface area contributed by atoms with Crippen LogP contribution in [0.4, 0.5) is 17.1 Å². The van der Waals surface area contributed by atoms with Crippen LogP contribution in [0, 0.1) is 24.7 Å². The summed E-state index contributed by atoms with van der Waals surface area (Å²) >= 11 is 4.15. The predicted molar refractivity (Wildman–Crippen MR) is 488 cm³/mol. The Morgan fingerprint density at radius 2 is 1.46 bits per heavy atom. The highest BCUT2D eigenvalue weighted by atomic mass is 32.2. The number of aryl methyl sites for hydroxylation is 1. The van der Waals surface area contributed by atoms with Crippen LogP contribution in [-0.4, -0.2) is 268 Å². The minimum atomic E-state index is -0.860. The van der Waals surface area contributed by atoms with E-state index >= 15 is 0 Å². The number of hydrogen-bond donors (Lipinski definition) is 4. The molecule has 125 heavy (non-hydrogen) atoms. The van der Waals surface area contributed by atoms with Gasteiger partial charge in [-0.3, -0.25) is 57.8 Å². The van der Waals surface area contributed by atoms with Crippen molar-refractivity contribution in [1.29, 1.82) is 0 Å².